The lowest BCUT2D eigenvalue weighted by molar-refractivity contribution is -0.137. The summed E-state index contributed by atoms with van der Waals surface area (Å²) in [5.74, 6) is -0.181. The second-order valence-corrected chi connectivity index (χ2v) is 7.12. The smallest absolute Gasteiger partial charge is 0.249 e. The number of rotatable bonds is 2. The van der Waals surface area contributed by atoms with E-state index in [4.69, 9.17) is 4.74 Å². The molecule has 3 heterocycles. The van der Waals surface area contributed by atoms with Crippen LogP contribution in [0.3, 0.4) is 0 Å². The molecular weight excluding hydrogens is 387 g/mol. The van der Waals surface area contributed by atoms with Crippen molar-refractivity contribution < 1.29 is 18.7 Å². The van der Waals surface area contributed by atoms with E-state index in [-0.39, 0.29) is 30.9 Å². The maximum atomic E-state index is 13.5. The molecule has 0 radical (unpaired) electrons. The molecule has 3 aromatic rings. The summed E-state index contributed by atoms with van der Waals surface area (Å²) >= 11 is 0. The van der Waals surface area contributed by atoms with Gasteiger partial charge in [0.15, 0.2) is 5.82 Å². The maximum absolute atomic E-state index is 13.5. The van der Waals surface area contributed by atoms with Gasteiger partial charge in [-0.25, -0.2) is 14.4 Å². The zero-order chi connectivity index (χ0) is 20.7. The third-order valence-corrected chi connectivity index (χ3v) is 5.31. The van der Waals surface area contributed by atoms with Gasteiger partial charge in [-0.15, -0.1) is 0 Å². The summed E-state index contributed by atoms with van der Waals surface area (Å²) in [7, 11) is 0. The minimum atomic E-state index is -0.572. The van der Waals surface area contributed by atoms with Gasteiger partial charge in [0.25, 0.3) is 0 Å². The van der Waals surface area contributed by atoms with E-state index in [1.807, 2.05) is 48.5 Å². The number of carbonyl (C=O) groups excluding carboxylic acids is 2. The van der Waals surface area contributed by atoms with Crippen molar-refractivity contribution in [2.45, 2.75) is 5.92 Å². The molecule has 30 heavy (non-hydrogen) atoms. The standard InChI is InChI=1S/C22H17FN4O3/c23-14-11-24-22(25-12-14)27-10-9-26(13-19(27)28)21(29)20-15-5-1-3-7-17(15)30-18-8-4-2-6-16(18)20/h1-8,11-12,20H,9-10,13H2. The summed E-state index contributed by atoms with van der Waals surface area (Å²) in [5.41, 5.74) is 1.55. The highest BCUT2D eigenvalue weighted by Gasteiger charge is 2.38. The van der Waals surface area contributed by atoms with Gasteiger partial charge in [-0.2, -0.15) is 0 Å². The number of nitrogens with zero attached hydrogens (tertiary/aromatic N) is 4. The van der Waals surface area contributed by atoms with Crippen LogP contribution in [0.25, 0.3) is 0 Å². The van der Waals surface area contributed by atoms with Gasteiger partial charge in [0.05, 0.1) is 18.3 Å². The van der Waals surface area contributed by atoms with Crippen molar-refractivity contribution in [3.8, 4) is 11.5 Å². The third kappa shape index (κ3) is 3.06. The lowest BCUT2D eigenvalue weighted by Gasteiger charge is -2.36. The van der Waals surface area contributed by atoms with E-state index < -0.39 is 11.7 Å². The molecule has 5 rings (SSSR count). The Morgan fingerprint density at radius 2 is 1.57 bits per heavy atom. The molecule has 0 atom stereocenters. The first-order valence-corrected chi connectivity index (χ1v) is 9.54. The van der Waals surface area contributed by atoms with Crippen LogP contribution in [-0.4, -0.2) is 46.3 Å². The van der Waals surface area contributed by atoms with E-state index >= 15 is 0 Å². The van der Waals surface area contributed by atoms with E-state index in [2.05, 4.69) is 9.97 Å². The number of carbonyl (C=O) groups is 2. The van der Waals surface area contributed by atoms with E-state index in [1.165, 1.54) is 4.90 Å². The molecule has 1 aromatic heterocycles. The summed E-state index contributed by atoms with van der Waals surface area (Å²) in [6.45, 7) is 0.469. The monoisotopic (exact) mass is 404 g/mol. The third-order valence-electron chi connectivity index (χ3n) is 5.31. The van der Waals surface area contributed by atoms with Crippen molar-refractivity contribution in [1.82, 2.24) is 14.9 Å². The molecule has 2 aliphatic heterocycles. The molecule has 0 spiro atoms. The van der Waals surface area contributed by atoms with Crippen LogP contribution in [0.1, 0.15) is 17.0 Å². The predicted octanol–water partition coefficient (Wildman–Crippen LogP) is 2.73. The number of halogens is 1. The number of amides is 2. The largest absolute Gasteiger partial charge is 0.457 e. The second-order valence-electron chi connectivity index (χ2n) is 7.12. The number of hydrogen-bond donors (Lipinski definition) is 0. The minimum Gasteiger partial charge on any atom is -0.457 e. The lowest BCUT2D eigenvalue weighted by atomic mass is 9.86. The Hall–Kier alpha value is -3.81. The minimum absolute atomic E-state index is 0.0960. The zero-order valence-corrected chi connectivity index (χ0v) is 15.9. The van der Waals surface area contributed by atoms with Crippen molar-refractivity contribution in [2.75, 3.05) is 24.5 Å². The predicted molar refractivity (Wildman–Crippen MR) is 106 cm³/mol. The average Bonchev–Trinajstić information content (AvgIpc) is 2.77. The molecule has 2 aromatic carbocycles. The second kappa shape index (κ2) is 7.22. The first-order valence-electron chi connectivity index (χ1n) is 9.54. The topological polar surface area (TPSA) is 75.6 Å². The van der Waals surface area contributed by atoms with Crippen molar-refractivity contribution in [1.29, 1.82) is 0 Å². The van der Waals surface area contributed by atoms with Crippen molar-refractivity contribution >= 4 is 17.8 Å². The normalized spacial score (nSPS) is 16.0. The Kier molecular flexibility index (Phi) is 4.39. The number of hydrogen-bond acceptors (Lipinski definition) is 5. The summed E-state index contributed by atoms with van der Waals surface area (Å²) < 4.78 is 19.0. The lowest BCUT2D eigenvalue weighted by Crippen LogP contribution is -2.54. The summed E-state index contributed by atoms with van der Waals surface area (Å²) in [6.07, 6.45) is 2.03. The fourth-order valence-electron chi connectivity index (χ4n) is 3.88. The SMILES string of the molecule is O=C(C1c2ccccc2Oc2ccccc21)N1CCN(c2ncc(F)cn2)C(=O)C1. The van der Waals surface area contributed by atoms with E-state index in [1.54, 1.807) is 4.90 Å². The first kappa shape index (κ1) is 18.2. The van der Waals surface area contributed by atoms with Gasteiger partial charge in [0, 0.05) is 24.2 Å². The van der Waals surface area contributed by atoms with Gasteiger partial charge in [0.1, 0.15) is 18.0 Å². The number of aromatic nitrogens is 2. The fraction of sp³-hybridized carbons (Fsp3) is 0.182. The highest BCUT2D eigenvalue weighted by atomic mass is 19.1. The van der Waals surface area contributed by atoms with Gasteiger partial charge < -0.3 is 9.64 Å². The molecule has 2 amide bonds. The van der Waals surface area contributed by atoms with E-state index in [0.29, 0.717) is 18.0 Å². The Balaban J connectivity index is 1.42. The quantitative estimate of drug-likeness (QED) is 0.657. The number of benzene rings is 2. The molecule has 0 N–H and O–H groups in total. The molecule has 0 aliphatic carbocycles. The summed E-state index contributed by atoms with van der Waals surface area (Å²) in [4.78, 5) is 36.9. The fourth-order valence-corrected chi connectivity index (χ4v) is 3.88. The van der Waals surface area contributed by atoms with Crippen molar-refractivity contribution in [2.24, 2.45) is 0 Å². The van der Waals surface area contributed by atoms with Crippen LogP contribution >= 0.6 is 0 Å². The first-order chi connectivity index (χ1) is 14.6. The van der Waals surface area contributed by atoms with Crippen LogP contribution in [0.15, 0.2) is 60.9 Å². The van der Waals surface area contributed by atoms with Crippen LogP contribution in [0.5, 0.6) is 11.5 Å². The average molecular weight is 404 g/mol. The number of piperazine rings is 1. The van der Waals surface area contributed by atoms with Crippen LogP contribution in [0.2, 0.25) is 0 Å². The molecule has 8 heteroatoms. The molecule has 1 saturated heterocycles. The maximum Gasteiger partial charge on any atom is 0.249 e. The van der Waals surface area contributed by atoms with E-state index in [9.17, 15) is 14.0 Å². The zero-order valence-electron chi connectivity index (χ0n) is 15.9. The summed E-state index contributed by atoms with van der Waals surface area (Å²) in [5, 5.41) is 0. The van der Waals surface area contributed by atoms with Crippen LogP contribution < -0.4 is 9.64 Å². The van der Waals surface area contributed by atoms with Crippen LogP contribution in [0, 0.1) is 5.82 Å². The van der Waals surface area contributed by atoms with Gasteiger partial charge in [-0.05, 0) is 12.1 Å². The van der Waals surface area contributed by atoms with Crippen molar-refractivity contribution in [3.63, 3.8) is 0 Å². The Morgan fingerprint density at radius 1 is 0.967 bits per heavy atom. The molecule has 0 saturated carbocycles. The van der Waals surface area contributed by atoms with Crippen LogP contribution in [-0.2, 0) is 9.59 Å². The molecule has 150 valence electrons. The van der Waals surface area contributed by atoms with Gasteiger partial charge in [-0.1, -0.05) is 36.4 Å². The Labute approximate surface area is 171 Å². The molecule has 1 fully saturated rings. The Morgan fingerprint density at radius 3 is 2.17 bits per heavy atom. The number of para-hydroxylation sites is 2. The molecule has 2 aliphatic rings. The number of fused-ring (bicyclic) bond motifs is 2. The van der Waals surface area contributed by atoms with Crippen LogP contribution in [0.4, 0.5) is 10.3 Å². The molecule has 0 bridgehead atoms. The molecule has 0 unspecified atom stereocenters. The van der Waals surface area contributed by atoms with Crippen molar-refractivity contribution in [3.05, 3.63) is 77.9 Å². The van der Waals surface area contributed by atoms with Gasteiger partial charge in [0.2, 0.25) is 17.8 Å². The van der Waals surface area contributed by atoms with Gasteiger partial charge in [-0.3, -0.25) is 14.5 Å². The highest BCUT2D eigenvalue weighted by Crippen LogP contribution is 2.44. The van der Waals surface area contributed by atoms with E-state index in [0.717, 1.165) is 23.5 Å². The number of ether oxygens (including phenoxy) is 1. The highest BCUT2D eigenvalue weighted by molar-refractivity contribution is 5.98. The molecule has 7 nitrogen and oxygen atoms in total. The Bertz CT molecular complexity index is 1090. The van der Waals surface area contributed by atoms with Gasteiger partial charge >= 0.3 is 0 Å². The molecular formula is C22H17FN4O3. The summed E-state index contributed by atoms with van der Waals surface area (Å²) in [6, 6.07) is 14.9. The number of anilines is 1.